The van der Waals surface area contributed by atoms with E-state index in [0.717, 1.165) is 12.1 Å². The number of carbonyl (C=O) groups is 2. The fourth-order valence-electron chi connectivity index (χ4n) is 3.98. The highest BCUT2D eigenvalue weighted by Crippen LogP contribution is 2.32. The highest BCUT2D eigenvalue weighted by atomic mass is 19.4. The van der Waals surface area contributed by atoms with Crippen molar-refractivity contribution < 1.29 is 27.3 Å². The molecule has 3 rings (SSSR count). The molecule has 0 saturated carbocycles. The van der Waals surface area contributed by atoms with Crippen LogP contribution in [0.25, 0.3) is 11.4 Å². The number of nitrogens with one attached hydrogen (secondary N) is 1. The Balaban J connectivity index is 1.55. The Hall–Kier alpha value is -2.79. The summed E-state index contributed by atoms with van der Waals surface area (Å²) in [6.07, 6.45) is -4.45. The molecule has 1 amide bonds. The molecule has 2 aromatic rings. The summed E-state index contributed by atoms with van der Waals surface area (Å²) in [5.74, 6) is 0.201. The molecule has 0 spiro atoms. The van der Waals surface area contributed by atoms with Crippen LogP contribution in [0.2, 0.25) is 0 Å². The molecule has 0 radical (unpaired) electrons. The average Bonchev–Trinajstić information content (AvgIpc) is 3.27. The zero-order valence-electron chi connectivity index (χ0n) is 19.7. The predicted octanol–water partition coefficient (Wildman–Crippen LogP) is 3.16. The Bertz CT molecular complexity index is 1000. The van der Waals surface area contributed by atoms with Crippen LogP contribution in [0, 0.1) is 5.92 Å². The lowest BCUT2D eigenvalue weighted by atomic mass is 10.0. The molecule has 8 nitrogen and oxygen atoms in total. The van der Waals surface area contributed by atoms with Gasteiger partial charge in [-0.25, -0.2) is 0 Å². The molecular weight excluding hydrogens is 451 g/mol. The molecule has 34 heavy (non-hydrogen) atoms. The van der Waals surface area contributed by atoms with E-state index in [4.69, 9.17) is 4.52 Å². The van der Waals surface area contributed by atoms with Crippen molar-refractivity contribution in [1.82, 2.24) is 25.3 Å². The lowest BCUT2D eigenvalue weighted by Crippen LogP contribution is -2.52. The predicted molar refractivity (Wildman–Crippen MR) is 119 cm³/mol. The number of benzene rings is 1. The molecule has 1 aliphatic rings. The summed E-state index contributed by atoms with van der Waals surface area (Å²) < 4.78 is 44.3. The highest BCUT2D eigenvalue weighted by Gasteiger charge is 2.31. The first kappa shape index (κ1) is 25.8. The van der Waals surface area contributed by atoms with Gasteiger partial charge in [0, 0.05) is 31.7 Å². The van der Waals surface area contributed by atoms with E-state index in [-0.39, 0.29) is 41.6 Å². The number of halogens is 3. The van der Waals surface area contributed by atoms with Gasteiger partial charge in [-0.1, -0.05) is 31.1 Å². The van der Waals surface area contributed by atoms with Crippen LogP contribution in [-0.2, 0) is 15.8 Å². The van der Waals surface area contributed by atoms with Gasteiger partial charge in [0.05, 0.1) is 24.2 Å². The van der Waals surface area contributed by atoms with Gasteiger partial charge in [-0.15, -0.1) is 0 Å². The quantitative estimate of drug-likeness (QED) is 0.619. The van der Waals surface area contributed by atoms with Crippen LogP contribution in [0.5, 0.6) is 0 Å². The minimum absolute atomic E-state index is 0.0226. The summed E-state index contributed by atoms with van der Waals surface area (Å²) in [4.78, 5) is 32.5. The molecule has 1 saturated heterocycles. The number of piperazine rings is 1. The summed E-state index contributed by atoms with van der Waals surface area (Å²) >= 11 is 0. The van der Waals surface area contributed by atoms with E-state index in [9.17, 15) is 22.8 Å². The number of Topliss-reactive ketones (excluding diaryl/α,β-unsaturated/α-hetero) is 1. The Kier molecular flexibility index (Phi) is 8.09. The zero-order valence-corrected chi connectivity index (χ0v) is 19.7. The van der Waals surface area contributed by atoms with E-state index in [0.29, 0.717) is 32.1 Å². The summed E-state index contributed by atoms with van der Waals surface area (Å²) in [6, 6.07) is 4.10. The molecule has 1 aromatic carbocycles. The minimum Gasteiger partial charge on any atom is -0.345 e. The number of nitrogens with zero attached hydrogens (tertiary/aromatic N) is 4. The summed E-state index contributed by atoms with van der Waals surface area (Å²) in [5, 5.41) is 6.67. The van der Waals surface area contributed by atoms with Crippen molar-refractivity contribution in [2.24, 2.45) is 5.92 Å². The third kappa shape index (κ3) is 6.41. The Morgan fingerprint density at radius 1 is 1.15 bits per heavy atom. The van der Waals surface area contributed by atoms with Crippen LogP contribution >= 0.6 is 0 Å². The Labute approximate surface area is 196 Å². The zero-order chi connectivity index (χ0) is 25.0. The van der Waals surface area contributed by atoms with Crippen molar-refractivity contribution >= 4 is 11.7 Å². The molecule has 1 N–H and O–H groups in total. The molecule has 0 bridgehead atoms. The average molecular weight is 482 g/mol. The standard InChI is InChI=1S/C23H30F3N5O3/c1-14(2)20(16(4)32)27-19(33)13-30-8-10-31(11-9-30)15(3)22-28-21(29-34-22)17-6-5-7-18(12-17)23(24,25)26/h5-7,12,14-15,20H,8-11,13H2,1-4H3,(H,27,33). The van der Waals surface area contributed by atoms with Crippen LogP contribution < -0.4 is 5.32 Å². The van der Waals surface area contributed by atoms with E-state index in [1.54, 1.807) is 0 Å². The Morgan fingerprint density at radius 2 is 1.82 bits per heavy atom. The summed E-state index contributed by atoms with van der Waals surface area (Å²) in [7, 11) is 0. The van der Waals surface area contributed by atoms with Crippen LogP contribution in [0.3, 0.4) is 0 Å². The first-order valence-corrected chi connectivity index (χ1v) is 11.2. The van der Waals surface area contributed by atoms with Crippen LogP contribution in [0.1, 0.15) is 45.2 Å². The summed E-state index contributed by atoms with van der Waals surface area (Å²) in [5.41, 5.74) is -0.536. The van der Waals surface area contributed by atoms with Crippen LogP contribution in [0.15, 0.2) is 28.8 Å². The lowest BCUT2D eigenvalue weighted by Gasteiger charge is -2.36. The topological polar surface area (TPSA) is 91.6 Å². The second kappa shape index (κ2) is 10.6. The molecule has 2 atom stereocenters. The normalized spacial score (nSPS) is 17.5. The van der Waals surface area contributed by atoms with Gasteiger partial charge in [0.25, 0.3) is 0 Å². The first-order valence-electron chi connectivity index (χ1n) is 11.2. The van der Waals surface area contributed by atoms with Gasteiger partial charge in [-0.3, -0.25) is 19.4 Å². The van der Waals surface area contributed by atoms with E-state index in [1.807, 2.05) is 25.7 Å². The second-order valence-electron chi connectivity index (χ2n) is 8.92. The molecule has 0 aliphatic carbocycles. The third-order valence-electron chi connectivity index (χ3n) is 5.99. The first-order chi connectivity index (χ1) is 16.0. The molecule has 11 heteroatoms. The number of hydrogen-bond acceptors (Lipinski definition) is 7. The lowest BCUT2D eigenvalue weighted by molar-refractivity contribution is -0.137. The van der Waals surface area contributed by atoms with E-state index in [2.05, 4.69) is 20.4 Å². The van der Waals surface area contributed by atoms with Gasteiger partial charge in [-0.2, -0.15) is 18.2 Å². The van der Waals surface area contributed by atoms with Gasteiger partial charge in [0.1, 0.15) is 0 Å². The molecule has 2 heterocycles. The van der Waals surface area contributed by atoms with E-state index in [1.165, 1.54) is 19.1 Å². The molecule has 1 aromatic heterocycles. The smallest absolute Gasteiger partial charge is 0.345 e. The van der Waals surface area contributed by atoms with Crippen molar-refractivity contribution in [3.8, 4) is 11.4 Å². The molecule has 2 unspecified atom stereocenters. The summed E-state index contributed by atoms with van der Waals surface area (Å²) in [6.45, 7) is 9.93. The maximum atomic E-state index is 13.0. The van der Waals surface area contributed by atoms with Gasteiger partial charge in [-0.05, 0) is 31.9 Å². The fourth-order valence-corrected chi connectivity index (χ4v) is 3.98. The number of ketones is 1. The van der Waals surface area contributed by atoms with Gasteiger partial charge in [0.2, 0.25) is 17.6 Å². The second-order valence-corrected chi connectivity index (χ2v) is 8.92. The van der Waals surface area contributed by atoms with Crippen LogP contribution in [0.4, 0.5) is 13.2 Å². The maximum absolute atomic E-state index is 13.0. The number of alkyl halides is 3. The van der Waals surface area contributed by atoms with Crippen LogP contribution in [-0.4, -0.2) is 70.4 Å². The molecule has 1 aliphatic heterocycles. The maximum Gasteiger partial charge on any atom is 0.416 e. The van der Waals surface area contributed by atoms with Crippen molar-refractivity contribution in [2.45, 2.75) is 46.0 Å². The number of amides is 1. The third-order valence-corrected chi connectivity index (χ3v) is 5.99. The monoisotopic (exact) mass is 481 g/mol. The van der Waals surface area contributed by atoms with Crippen molar-refractivity contribution in [2.75, 3.05) is 32.7 Å². The molecule has 186 valence electrons. The number of hydrogen-bond donors (Lipinski definition) is 1. The number of rotatable bonds is 8. The van der Waals surface area contributed by atoms with E-state index >= 15 is 0 Å². The number of aromatic nitrogens is 2. The fraction of sp³-hybridized carbons (Fsp3) is 0.565. The molecule has 1 fully saturated rings. The van der Waals surface area contributed by atoms with E-state index < -0.39 is 17.8 Å². The van der Waals surface area contributed by atoms with Gasteiger partial charge in [0.15, 0.2) is 5.78 Å². The van der Waals surface area contributed by atoms with Crippen molar-refractivity contribution in [1.29, 1.82) is 0 Å². The number of carbonyl (C=O) groups excluding carboxylic acids is 2. The minimum atomic E-state index is -4.45. The highest BCUT2D eigenvalue weighted by molar-refractivity contribution is 5.88. The largest absolute Gasteiger partial charge is 0.416 e. The SMILES string of the molecule is CC(=O)C(NC(=O)CN1CCN(C(C)c2nc(-c3cccc(C(F)(F)F)c3)no2)CC1)C(C)C. The van der Waals surface area contributed by atoms with Crippen molar-refractivity contribution in [3.05, 3.63) is 35.7 Å². The molecular formula is C23H30F3N5O3. The van der Waals surface area contributed by atoms with Gasteiger partial charge >= 0.3 is 6.18 Å². The Morgan fingerprint density at radius 3 is 2.41 bits per heavy atom. The van der Waals surface area contributed by atoms with Crippen molar-refractivity contribution in [3.63, 3.8) is 0 Å². The van der Waals surface area contributed by atoms with Gasteiger partial charge < -0.3 is 9.84 Å².